The number of aromatic nitrogens is 5. The SMILES string of the molecule is COc1ccc(Cn2cc(Cl)cc(N3C(=O)c4nc(-c5cnc(OC)nc5O)n(C(C)C)c4C3c3ccc(Cl)cc3)c2=O)cc1. The smallest absolute Gasteiger partial charge is 0.319 e. The van der Waals surface area contributed by atoms with Crippen LogP contribution in [0.25, 0.3) is 11.4 Å². The Balaban J connectivity index is 1.53. The maximum Gasteiger partial charge on any atom is 0.319 e. The van der Waals surface area contributed by atoms with E-state index in [1.165, 1.54) is 28.8 Å². The van der Waals surface area contributed by atoms with E-state index in [2.05, 4.69) is 9.97 Å². The Kier molecular flexibility index (Phi) is 7.98. The van der Waals surface area contributed by atoms with Crippen LogP contribution in [0.4, 0.5) is 5.69 Å². The molecule has 2 aromatic carbocycles. The van der Waals surface area contributed by atoms with E-state index >= 15 is 0 Å². The van der Waals surface area contributed by atoms with Crippen molar-refractivity contribution in [3.05, 3.63) is 110 Å². The van der Waals surface area contributed by atoms with Crippen molar-refractivity contribution in [2.45, 2.75) is 32.5 Å². The molecule has 0 radical (unpaired) electrons. The van der Waals surface area contributed by atoms with Gasteiger partial charge in [-0.3, -0.25) is 14.5 Å². The molecule has 0 saturated carbocycles. The van der Waals surface area contributed by atoms with Gasteiger partial charge in [-0.25, -0.2) is 9.97 Å². The Labute approximate surface area is 268 Å². The van der Waals surface area contributed by atoms with E-state index in [0.29, 0.717) is 27.9 Å². The summed E-state index contributed by atoms with van der Waals surface area (Å²) in [4.78, 5) is 42.7. The predicted molar refractivity (Wildman–Crippen MR) is 170 cm³/mol. The number of methoxy groups -OCH3 is 2. The number of fused-ring (bicyclic) bond motifs is 1. The number of pyridine rings is 1. The molecule has 1 aliphatic heterocycles. The molecule has 0 saturated heterocycles. The molecule has 0 spiro atoms. The third kappa shape index (κ3) is 5.38. The van der Waals surface area contributed by atoms with Gasteiger partial charge in [0.2, 0.25) is 5.88 Å². The van der Waals surface area contributed by atoms with Gasteiger partial charge in [-0.2, -0.15) is 4.98 Å². The minimum atomic E-state index is -0.782. The lowest BCUT2D eigenvalue weighted by Crippen LogP contribution is -2.36. The van der Waals surface area contributed by atoms with Crippen molar-refractivity contribution >= 4 is 34.8 Å². The van der Waals surface area contributed by atoms with Gasteiger partial charge in [-0.1, -0.05) is 47.5 Å². The summed E-state index contributed by atoms with van der Waals surface area (Å²) in [5.41, 5.74) is 2.08. The third-order valence-electron chi connectivity index (χ3n) is 7.56. The quantitative estimate of drug-likeness (QED) is 0.221. The average molecular weight is 648 g/mol. The highest BCUT2D eigenvalue weighted by atomic mass is 35.5. The lowest BCUT2D eigenvalue weighted by molar-refractivity contribution is 0.0989. The molecule has 6 rings (SSSR count). The number of benzene rings is 2. The summed E-state index contributed by atoms with van der Waals surface area (Å²) >= 11 is 12.8. The van der Waals surface area contributed by atoms with Crippen LogP contribution in [0.15, 0.2) is 71.8 Å². The van der Waals surface area contributed by atoms with Crippen molar-refractivity contribution in [2.24, 2.45) is 0 Å². The first kappa shape index (κ1) is 30.2. The van der Waals surface area contributed by atoms with E-state index in [1.807, 2.05) is 42.7 Å². The van der Waals surface area contributed by atoms with Crippen molar-refractivity contribution in [1.82, 2.24) is 24.1 Å². The van der Waals surface area contributed by atoms with E-state index in [4.69, 9.17) is 37.7 Å². The molecule has 1 amide bonds. The average Bonchev–Trinajstić information content (AvgIpc) is 3.54. The number of carbonyl (C=O) groups excluding carboxylic acids is 1. The predicted octanol–water partition coefficient (Wildman–Crippen LogP) is 5.91. The van der Waals surface area contributed by atoms with Gasteiger partial charge in [0, 0.05) is 23.5 Å². The zero-order valence-corrected chi connectivity index (χ0v) is 26.2. The zero-order valence-electron chi connectivity index (χ0n) is 24.7. The second-order valence-electron chi connectivity index (χ2n) is 10.7. The van der Waals surface area contributed by atoms with Crippen LogP contribution in [0, 0.1) is 0 Å². The fourth-order valence-corrected chi connectivity index (χ4v) is 5.89. The highest BCUT2D eigenvalue weighted by molar-refractivity contribution is 6.31. The van der Waals surface area contributed by atoms with E-state index in [9.17, 15) is 14.7 Å². The molecule has 1 aliphatic rings. The van der Waals surface area contributed by atoms with Crippen LogP contribution < -0.4 is 19.9 Å². The molecule has 1 unspecified atom stereocenters. The van der Waals surface area contributed by atoms with Crippen molar-refractivity contribution in [2.75, 3.05) is 19.1 Å². The largest absolute Gasteiger partial charge is 0.497 e. The molecular formula is C32H28Cl2N6O5. The normalized spacial score (nSPS) is 14.2. The minimum Gasteiger partial charge on any atom is -0.497 e. The number of hydrogen-bond acceptors (Lipinski definition) is 8. The number of carbonyl (C=O) groups is 1. The summed E-state index contributed by atoms with van der Waals surface area (Å²) < 4.78 is 13.6. The van der Waals surface area contributed by atoms with Crippen molar-refractivity contribution in [3.63, 3.8) is 0 Å². The van der Waals surface area contributed by atoms with Crippen LogP contribution in [0.2, 0.25) is 10.0 Å². The molecule has 13 heteroatoms. The Morgan fingerprint density at radius 3 is 2.29 bits per heavy atom. The number of imidazole rings is 1. The van der Waals surface area contributed by atoms with E-state index in [1.54, 1.807) is 37.6 Å². The first-order valence-electron chi connectivity index (χ1n) is 14.0. The lowest BCUT2D eigenvalue weighted by Gasteiger charge is -2.28. The van der Waals surface area contributed by atoms with Gasteiger partial charge < -0.3 is 23.7 Å². The first-order chi connectivity index (χ1) is 21.6. The van der Waals surface area contributed by atoms with Crippen LogP contribution in [-0.2, 0) is 6.54 Å². The van der Waals surface area contributed by atoms with Crippen LogP contribution in [-0.4, -0.2) is 49.3 Å². The molecule has 0 bridgehead atoms. The highest BCUT2D eigenvalue weighted by Gasteiger charge is 2.46. The molecular weight excluding hydrogens is 619 g/mol. The van der Waals surface area contributed by atoms with E-state index < -0.39 is 17.5 Å². The molecule has 1 N–H and O–H groups in total. The van der Waals surface area contributed by atoms with Gasteiger partial charge in [0.1, 0.15) is 23.3 Å². The molecule has 45 heavy (non-hydrogen) atoms. The minimum absolute atomic E-state index is 0.0142. The van der Waals surface area contributed by atoms with Crippen LogP contribution in [0.5, 0.6) is 17.6 Å². The summed E-state index contributed by atoms with van der Waals surface area (Å²) in [6.45, 7) is 4.08. The fraction of sp³-hybridized carbons (Fsp3) is 0.219. The number of amides is 1. The Hall–Kier alpha value is -4.87. The number of halogens is 2. The Bertz CT molecular complexity index is 1970. The molecule has 1 atom stereocenters. The van der Waals surface area contributed by atoms with Gasteiger partial charge in [0.05, 0.1) is 37.0 Å². The van der Waals surface area contributed by atoms with Crippen LogP contribution >= 0.6 is 23.2 Å². The van der Waals surface area contributed by atoms with Crippen LogP contribution in [0.1, 0.15) is 53.2 Å². The van der Waals surface area contributed by atoms with Crippen molar-refractivity contribution in [3.8, 4) is 29.0 Å². The maximum absolute atomic E-state index is 14.4. The Morgan fingerprint density at radius 2 is 1.67 bits per heavy atom. The molecule has 230 valence electrons. The topological polar surface area (TPSA) is 125 Å². The van der Waals surface area contributed by atoms with Gasteiger partial charge in [0.25, 0.3) is 11.5 Å². The zero-order chi connectivity index (χ0) is 32.0. The van der Waals surface area contributed by atoms with Gasteiger partial charge in [0.15, 0.2) is 5.69 Å². The summed E-state index contributed by atoms with van der Waals surface area (Å²) in [5, 5.41) is 11.6. The van der Waals surface area contributed by atoms with Crippen molar-refractivity contribution in [1.29, 1.82) is 0 Å². The number of anilines is 1. The van der Waals surface area contributed by atoms with E-state index in [0.717, 1.165) is 5.56 Å². The summed E-state index contributed by atoms with van der Waals surface area (Å²) in [5.74, 6) is 0.132. The number of nitrogens with zero attached hydrogens (tertiary/aromatic N) is 6. The third-order valence-corrected chi connectivity index (χ3v) is 8.02. The van der Waals surface area contributed by atoms with Gasteiger partial charge >= 0.3 is 6.01 Å². The molecule has 0 fully saturated rings. The number of ether oxygens (including phenoxy) is 2. The number of aromatic hydroxyl groups is 1. The molecule has 3 aromatic heterocycles. The molecule has 11 nitrogen and oxygen atoms in total. The van der Waals surface area contributed by atoms with Crippen molar-refractivity contribution < 1.29 is 19.4 Å². The number of hydrogen-bond donors (Lipinski definition) is 1. The van der Waals surface area contributed by atoms with E-state index in [-0.39, 0.29) is 46.4 Å². The van der Waals surface area contributed by atoms with Crippen LogP contribution in [0.3, 0.4) is 0 Å². The monoisotopic (exact) mass is 646 g/mol. The maximum atomic E-state index is 14.4. The highest BCUT2D eigenvalue weighted by Crippen LogP contribution is 2.45. The molecule has 0 aliphatic carbocycles. The second-order valence-corrected chi connectivity index (χ2v) is 11.6. The van der Waals surface area contributed by atoms with Gasteiger partial charge in [-0.05, 0) is 55.3 Å². The fourth-order valence-electron chi connectivity index (χ4n) is 5.55. The summed E-state index contributed by atoms with van der Waals surface area (Å²) in [6, 6.07) is 14.8. The lowest BCUT2D eigenvalue weighted by atomic mass is 10.0. The molecule has 5 aromatic rings. The molecule has 4 heterocycles. The summed E-state index contributed by atoms with van der Waals surface area (Å²) in [7, 11) is 2.97. The summed E-state index contributed by atoms with van der Waals surface area (Å²) in [6.07, 6.45) is 2.94. The number of rotatable bonds is 8. The van der Waals surface area contributed by atoms with Gasteiger partial charge in [-0.15, -0.1) is 0 Å². The second kappa shape index (κ2) is 11.9. The Morgan fingerprint density at radius 1 is 0.956 bits per heavy atom. The standard InChI is InChI=1S/C32H28Cl2N6O5/c1-17(2)39-27-25(36-28(39)23-14-35-32(45-4)37-29(23)41)31(43)40(26(27)19-7-9-20(33)10-8-19)24-13-21(34)16-38(30(24)42)15-18-5-11-22(44-3)12-6-18/h5-14,16-17,26H,15H2,1-4H3,(H,35,37,41). The first-order valence-corrected chi connectivity index (χ1v) is 14.7.